The van der Waals surface area contributed by atoms with Crippen LogP contribution >= 0.6 is 11.3 Å². The van der Waals surface area contributed by atoms with Crippen molar-refractivity contribution in [3.05, 3.63) is 45.2 Å². The zero-order valence-corrected chi connectivity index (χ0v) is 13.0. The number of rotatable bonds is 3. The SMILES string of the molecule is CCn1c(=O)c(C=Nc2nnc(C)s2)c(O)c2ccccc21. The normalized spacial score (nSPS) is 11.5. The zero-order valence-electron chi connectivity index (χ0n) is 12.1. The Morgan fingerprint density at radius 1 is 1.36 bits per heavy atom. The lowest BCUT2D eigenvalue weighted by Crippen LogP contribution is -2.23. The number of aliphatic imine (C=N–C) groups is 1. The van der Waals surface area contributed by atoms with E-state index in [1.165, 1.54) is 17.6 Å². The average Bonchev–Trinajstić information content (AvgIpc) is 2.93. The molecule has 0 aliphatic carbocycles. The van der Waals surface area contributed by atoms with Crippen molar-refractivity contribution >= 4 is 33.6 Å². The van der Waals surface area contributed by atoms with Gasteiger partial charge in [0.1, 0.15) is 16.3 Å². The van der Waals surface area contributed by atoms with Crippen LogP contribution in [0.5, 0.6) is 5.75 Å². The van der Waals surface area contributed by atoms with E-state index in [9.17, 15) is 9.90 Å². The monoisotopic (exact) mass is 314 g/mol. The van der Waals surface area contributed by atoms with E-state index in [0.717, 1.165) is 5.01 Å². The number of para-hydroxylation sites is 1. The molecule has 0 aliphatic rings. The highest BCUT2D eigenvalue weighted by Crippen LogP contribution is 2.26. The molecule has 2 heterocycles. The Bertz CT molecular complexity index is 927. The highest BCUT2D eigenvalue weighted by Gasteiger charge is 2.14. The van der Waals surface area contributed by atoms with Gasteiger partial charge in [0.25, 0.3) is 5.56 Å². The first kappa shape index (κ1) is 14.4. The summed E-state index contributed by atoms with van der Waals surface area (Å²) in [4.78, 5) is 16.7. The van der Waals surface area contributed by atoms with E-state index in [-0.39, 0.29) is 16.9 Å². The Morgan fingerprint density at radius 3 is 2.82 bits per heavy atom. The molecule has 1 aromatic carbocycles. The number of fused-ring (bicyclic) bond motifs is 1. The molecular formula is C15H14N4O2S. The second-order valence-corrected chi connectivity index (χ2v) is 5.85. The minimum absolute atomic E-state index is 0.0599. The molecule has 0 aliphatic heterocycles. The largest absolute Gasteiger partial charge is 0.506 e. The van der Waals surface area contributed by atoms with Crippen LogP contribution < -0.4 is 5.56 Å². The lowest BCUT2D eigenvalue weighted by molar-refractivity contribution is 0.478. The van der Waals surface area contributed by atoms with Crippen LogP contribution in [0.3, 0.4) is 0 Å². The molecule has 0 spiro atoms. The number of nitrogens with zero attached hydrogens (tertiary/aromatic N) is 4. The molecular weight excluding hydrogens is 300 g/mol. The van der Waals surface area contributed by atoms with Crippen LogP contribution in [0.1, 0.15) is 17.5 Å². The van der Waals surface area contributed by atoms with Crippen LogP contribution in [-0.4, -0.2) is 26.1 Å². The predicted molar refractivity (Wildman–Crippen MR) is 87.4 cm³/mol. The van der Waals surface area contributed by atoms with Crippen LogP contribution in [0, 0.1) is 6.92 Å². The molecule has 0 atom stereocenters. The third-order valence-corrected chi connectivity index (χ3v) is 4.06. The Kier molecular flexibility index (Phi) is 3.72. The highest BCUT2D eigenvalue weighted by molar-refractivity contribution is 7.14. The van der Waals surface area contributed by atoms with Gasteiger partial charge in [-0.05, 0) is 26.0 Å². The van der Waals surface area contributed by atoms with Crippen molar-refractivity contribution in [2.45, 2.75) is 20.4 Å². The summed E-state index contributed by atoms with van der Waals surface area (Å²) >= 11 is 1.32. The molecule has 0 saturated carbocycles. The van der Waals surface area contributed by atoms with Crippen molar-refractivity contribution in [3.63, 3.8) is 0 Å². The fourth-order valence-corrected chi connectivity index (χ4v) is 2.83. The van der Waals surface area contributed by atoms with Crippen LogP contribution in [0.15, 0.2) is 34.1 Å². The molecule has 3 rings (SSSR count). The molecule has 112 valence electrons. The summed E-state index contributed by atoms with van der Waals surface area (Å²) in [6.07, 6.45) is 1.36. The number of aromatic nitrogens is 3. The predicted octanol–water partition coefficient (Wildman–Crippen LogP) is 2.64. The number of benzene rings is 1. The lowest BCUT2D eigenvalue weighted by Gasteiger charge is -2.11. The summed E-state index contributed by atoms with van der Waals surface area (Å²) in [6, 6.07) is 7.25. The fourth-order valence-electron chi connectivity index (χ4n) is 2.30. The Balaban J connectivity index is 2.21. The molecule has 0 bridgehead atoms. The van der Waals surface area contributed by atoms with E-state index >= 15 is 0 Å². The third kappa shape index (κ3) is 2.39. The van der Waals surface area contributed by atoms with Gasteiger partial charge in [0.15, 0.2) is 0 Å². The Morgan fingerprint density at radius 2 is 2.14 bits per heavy atom. The minimum atomic E-state index is -0.274. The van der Waals surface area contributed by atoms with Crippen molar-refractivity contribution < 1.29 is 5.11 Å². The van der Waals surface area contributed by atoms with E-state index in [1.807, 2.05) is 32.0 Å². The van der Waals surface area contributed by atoms with Gasteiger partial charge >= 0.3 is 0 Å². The lowest BCUT2D eigenvalue weighted by atomic mass is 10.1. The second kappa shape index (κ2) is 5.69. The number of aryl methyl sites for hydroxylation is 2. The minimum Gasteiger partial charge on any atom is -0.506 e. The van der Waals surface area contributed by atoms with E-state index in [1.54, 1.807) is 10.6 Å². The van der Waals surface area contributed by atoms with Gasteiger partial charge in [0, 0.05) is 18.1 Å². The van der Waals surface area contributed by atoms with Crippen molar-refractivity contribution in [1.29, 1.82) is 0 Å². The molecule has 0 fully saturated rings. The van der Waals surface area contributed by atoms with E-state index < -0.39 is 0 Å². The van der Waals surface area contributed by atoms with E-state index in [2.05, 4.69) is 15.2 Å². The molecule has 22 heavy (non-hydrogen) atoms. The maximum atomic E-state index is 12.5. The number of aromatic hydroxyl groups is 1. The molecule has 1 N–H and O–H groups in total. The van der Waals surface area contributed by atoms with Gasteiger partial charge in [0.2, 0.25) is 5.13 Å². The first-order chi connectivity index (χ1) is 10.6. The molecule has 2 aromatic heterocycles. The first-order valence-electron chi connectivity index (χ1n) is 6.80. The summed E-state index contributed by atoms with van der Waals surface area (Å²) in [7, 11) is 0. The average molecular weight is 314 g/mol. The summed E-state index contributed by atoms with van der Waals surface area (Å²) in [5.41, 5.74) is 0.591. The topological polar surface area (TPSA) is 80.4 Å². The van der Waals surface area contributed by atoms with E-state index in [0.29, 0.717) is 22.6 Å². The van der Waals surface area contributed by atoms with Crippen molar-refractivity contribution in [2.24, 2.45) is 4.99 Å². The molecule has 6 nitrogen and oxygen atoms in total. The molecule has 0 amide bonds. The quantitative estimate of drug-likeness (QED) is 0.754. The molecule has 3 aromatic rings. The smallest absolute Gasteiger partial charge is 0.263 e. The second-order valence-electron chi connectivity index (χ2n) is 4.69. The van der Waals surface area contributed by atoms with Gasteiger partial charge in [-0.3, -0.25) is 4.79 Å². The number of hydrogen-bond donors (Lipinski definition) is 1. The van der Waals surface area contributed by atoms with Gasteiger partial charge in [-0.25, -0.2) is 4.99 Å². The summed E-state index contributed by atoms with van der Waals surface area (Å²) in [5.74, 6) is -0.0599. The van der Waals surface area contributed by atoms with Gasteiger partial charge in [-0.15, -0.1) is 10.2 Å². The number of hydrogen-bond acceptors (Lipinski definition) is 6. The molecule has 0 unspecified atom stereocenters. The standard InChI is InChI=1S/C15H14N4O2S/c1-3-19-12-7-5-4-6-10(12)13(20)11(14(19)21)8-16-15-18-17-9(2)22-15/h4-8,20H,3H2,1-2H3. The van der Waals surface area contributed by atoms with Gasteiger partial charge in [-0.1, -0.05) is 23.5 Å². The van der Waals surface area contributed by atoms with Crippen molar-refractivity contribution in [2.75, 3.05) is 0 Å². The van der Waals surface area contributed by atoms with Gasteiger partial charge in [-0.2, -0.15) is 0 Å². The zero-order chi connectivity index (χ0) is 15.7. The number of pyridine rings is 1. The van der Waals surface area contributed by atoms with Crippen LogP contribution in [0.2, 0.25) is 0 Å². The summed E-state index contributed by atoms with van der Waals surface area (Å²) < 4.78 is 1.61. The molecule has 0 radical (unpaired) electrons. The Hall–Kier alpha value is -2.54. The summed E-state index contributed by atoms with van der Waals surface area (Å²) in [5, 5.41) is 20.0. The Labute approximate surface area is 130 Å². The molecule has 0 saturated heterocycles. The van der Waals surface area contributed by atoms with Crippen molar-refractivity contribution in [3.8, 4) is 5.75 Å². The van der Waals surface area contributed by atoms with Gasteiger partial charge < -0.3 is 9.67 Å². The highest BCUT2D eigenvalue weighted by atomic mass is 32.1. The van der Waals surface area contributed by atoms with Crippen LogP contribution in [0.4, 0.5) is 5.13 Å². The first-order valence-corrected chi connectivity index (χ1v) is 7.62. The third-order valence-electron chi connectivity index (χ3n) is 3.32. The van der Waals surface area contributed by atoms with Gasteiger partial charge in [0.05, 0.1) is 5.52 Å². The maximum Gasteiger partial charge on any atom is 0.263 e. The fraction of sp³-hybridized carbons (Fsp3) is 0.200. The molecule has 7 heteroatoms. The van der Waals surface area contributed by atoms with Crippen molar-refractivity contribution in [1.82, 2.24) is 14.8 Å². The maximum absolute atomic E-state index is 12.5. The van der Waals surface area contributed by atoms with Crippen LogP contribution in [0.25, 0.3) is 10.9 Å². The summed E-state index contributed by atoms with van der Waals surface area (Å²) in [6.45, 7) is 4.23. The van der Waals surface area contributed by atoms with Crippen LogP contribution in [-0.2, 0) is 6.54 Å². The van der Waals surface area contributed by atoms with E-state index in [4.69, 9.17) is 0 Å².